The molecule has 0 atom stereocenters. The van der Waals surface area contributed by atoms with Crippen molar-refractivity contribution in [1.29, 1.82) is 0 Å². The molecule has 0 saturated carbocycles. The third kappa shape index (κ3) is 7.77. The monoisotopic (exact) mass is 572 g/mol. The van der Waals surface area contributed by atoms with Crippen LogP contribution in [0.25, 0.3) is 17.1 Å². The summed E-state index contributed by atoms with van der Waals surface area (Å²) in [4.78, 5) is 20.9. The summed E-state index contributed by atoms with van der Waals surface area (Å²) >= 11 is 0. The lowest BCUT2D eigenvalue weighted by molar-refractivity contribution is -0.111. The summed E-state index contributed by atoms with van der Waals surface area (Å²) < 4.78 is 15.6. The molecule has 1 amide bonds. The fraction of sp³-hybridized carbons (Fsp3) is 0.290. The van der Waals surface area contributed by atoms with E-state index in [2.05, 4.69) is 42.2 Å². The highest BCUT2D eigenvalue weighted by molar-refractivity contribution is 6.01. The summed E-state index contributed by atoms with van der Waals surface area (Å²) in [5, 5.41) is 24.4. The number of nitrogens with zero attached hydrogens (tertiary/aromatic N) is 6. The number of aliphatic hydroxyl groups excluding tert-OH is 1. The maximum absolute atomic E-state index is 13.6. The van der Waals surface area contributed by atoms with E-state index in [0.717, 1.165) is 48.0 Å². The van der Waals surface area contributed by atoms with E-state index in [1.807, 2.05) is 56.0 Å². The van der Waals surface area contributed by atoms with Crippen molar-refractivity contribution in [1.82, 2.24) is 24.6 Å². The second-order valence-electron chi connectivity index (χ2n) is 10.1. The lowest BCUT2D eigenvalue weighted by Gasteiger charge is -2.25. The van der Waals surface area contributed by atoms with Gasteiger partial charge in [-0.1, -0.05) is 6.58 Å². The quantitative estimate of drug-likeness (QED) is 0.148. The van der Waals surface area contributed by atoms with Crippen molar-refractivity contribution in [2.75, 3.05) is 56.4 Å². The van der Waals surface area contributed by atoms with Crippen molar-refractivity contribution in [2.24, 2.45) is 0 Å². The summed E-state index contributed by atoms with van der Waals surface area (Å²) in [6, 6.07) is 15.6. The number of benzene rings is 2. The lowest BCUT2D eigenvalue weighted by atomic mass is 10.2. The van der Waals surface area contributed by atoms with Gasteiger partial charge in [0.1, 0.15) is 17.5 Å². The number of rotatable bonds is 14. The third-order valence-corrected chi connectivity index (χ3v) is 6.65. The minimum Gasteiger partial charge on any atom is -0.396 e. The summed E-state index contributed by atoms with van der Waals surface area (Å²) in [5.74, 6) is 1.23. The number of unbranched alkanes of at least 4 members (excludes halogenated alkanes) is 1. The molecule has 0 saturated heterocycles. The molecule has 4 aromatic rings. The normalized spacial score (nSPS) is 11.0. The Hall–Kier alpha value is -4.61. The number of carbonyl (C=O) groups is 1. The topological polar surface area (TPSA) is 111 Å². The van der Waals surface area contributed by atoms with Gasteiger partial charge in [-0.2, -0.15) is 0 Å². The number of pyridine rings is 1. The van der Waals surface area contributed by atoms with Crippen LogP contribution in [-0.2, 0) is 11.2 Å². The first kappa shape index (κ1) is 30.4. The fourth-order valence-corrected chi connectivity index (χ4v) is 4.41. The van der Waals surface area contributed by atoms with E-state index >= 15 is 0 Å². The molecule has 0 aliphatic heterocycles. The number of amides is 1. The van der Waals surface area contributed by atoms with Crippen LogP contribution in [0.4, 0.5) is 27.3 Å². The Bertz CT molecular complexity index is 1500. The Labute approximate surface area is 245 Å². The zero-order valence-electron chi connectivity index (χ0n) is 24.2. The molecule has 42 heavy (non-hydrogen) atoms. The van der Waals surface area contributed by atoms with E-state index in [9.17, 15) is 14.3 Å². The van der Waals surface area contributed by atoms with Crippen molar-refractivity contribution in [3.05, 3.63) is 85.1 Å². The van der Waals surface area contributed by atoms with E-state index in [0.29, 0.717) is 30.2 Å². The number of likely N-dealkylation sites (N-methyl/N-ethyl adjacent to an activating group) is 2. The molecule has 2 heterocycles. The number of anilines is 4. The molecule has 0 aliphatic rings. The van der Waals surface area contributed by atoms with Crippen LogP contribution in [0.3, 0.4) is 0 Å². The Morgan fingerprint density at radius 2 is 1.83 bits per heavy atom. The van der Waals surface area contributed by atoms with Gasteiger partial charge >= 0.3 is 0 Å². The van der Waals surface area contributed by atoms with Gasteiger partial charge in [0.05, 0.1) is 17.1 Å². The van der Waals surface area contributed by atoms with Crippen molar-refractivity contribution in [3.8, 4) is 17.1 Å². The highest BCUT2D eigenvalue weighted by Crippen LogP contribution is 2.31. The Morgan fingerprint density at radius 1 is 1.05 bits per heavy atom. The molecule has 4 rings (SSSR count). The van der Waals surface area contributed by atoms with Crippen LogP contribution in [-0.4, -0.2) is 76.5 Å². The largest absolute Gasteiger partial charge is 0.396 e. The van der Waals surface area contributed by atoms with Crippen molar-refractivity contribution in [3.63, 3.8) is 0 Å². The van der Waals surface area contributed by atoms with Crippen LogP contribution in [0.2, 0.25) is 0 Å². The van der Waals surface area contributed by atoms with Gasteiger partial charge in [-0.15, -0.1) is 10.2 Å². The molecular formula is C31H37FN8O2. The van der Waals surface area contributed by atoms with Crippen LogP contribution in [0.1, 0.15) is 18.7 Å². The first-order valence-corrected chi connectivity index (χ1v) is 13.8. The predicted molar refractivity (Wildman–Crippen MR) is 165 cm³/mol. The SMILES string of the molecule is C=CC(=O)Nc1cc(Nc2cc(-n3c(CCCCO)nnc3-c3ccc(F)cc3)ccn2)ccc1N(C)CCN(C)C. The van der Waals surface area contributed by atoms with Crippen LogP contribution in [0, 0.1) is 5.82 Å². The van der Waals surface area contributed by atoms with Gasteiger partial charge in [0.25, 0.3) is 0 Å². The summed E-state index contributed by atoms with van der Waals surface area (Å²) in [6.45, 7) is 5.30. The minimum atomic E-state index is -0.332. The van der Waals surface area contributed by atoms with Crippen LogP contribution in [0.5, 0.6) is 0 Å². The van der Waals surface area contributed by atoms with Gasteiger partial charge in [-0.05, 0) is 81.5 Å². The van der Waals surface area contributed by atoms with E-state index in [-0.39, 0.29) is 18.3 Å². The number of halogens is 1. The highest BCUT2D eigenvalue weighted by Gasteiger charge is 2.17. The number of aryl methyl sites for hydroxylation is 1. The molecule has 220 valence electrons. The zero-order chi connectivity index (χ0) is 30.1. The van der Waals surface area contributed by atoms with Gasteiger partial charge in [0.2, 0.25) is 5.91 Å². The Morgan fingerprint density at radius 3 is 2.55 bits per heavy atom. The molecule has 0 unspecified atom stereocenters. The van der Waals surface area contributed by atoms with Crippen LogP contribution >= 0.6 is 0 Å². The van der Waals surface area contributed by atoms with E-state index in [4.69, 9.17) is 0 Å². The molecule has 2 aromatic carbocycles. The van der Waals surface area contributed by atoms with Gasteiger partial charge < -0.3 is 25.5 Å². The van der Waals surface area contributed by atoms with Gasteiger partial charge in [0, 0.05) is 56.7 Å². The number of aliphatic hydroxyl groups is 1. The smallest absolute Gasteiger partial charge is 0.247 e. The summed E-state index contributed by atoms with van der Waals surface area (Å²) in [5.41, 5.74) is 3.75. The number of nitrogens with one attached hydrogen (secondary N) is 2. The van der Waals surface area contributed by atoms with Gasteiger partial charge in [0.15, 0.2) is 5.82 Å². The third-order valence-electron chi connectivity index (χ3n) is 6.65. The second kappa shape index (κ2) is 14.3. The average molecular weight is 573 g/mol. The standard InChI is InChI=1S/C31H37FN8O2/c1-5-30(42)35-26-20-24(13-14-27(26)39(4)18-17-38(2)3)34-28-21-25(15-16-33-28)40-29(8-6-7-19-41)36-37-31(40)22-9-11-23(32)12-10-22/h5,9-16,20-21,41H,1,6-8,17-19H2,2-4H3,(H,33,34)(H,35,42). The number of hydrogen-bond donors (Lipinski definition) is 3. The van der Waals surface area contributed by atoms with Crippen LogP contribution < -0.4 is 15.5 Å². The molecule has 0 radical (unpaired) electrons. The summed E-state index contributed by atoms with van der Waals surface area (Å²) in [7, 11) is 6.02. The first-order valence-electron chi connectivity index (χ1n) is 13.8. The molecule has 11 heteroatoms. The second-order valence-corrected chi connectivity index (χ2v) is 10.1. The fourth-order valence-electron chi connectivity index (χ4n) is 4.41. The highest BCUT2D eigenvalue weighted by atomic mass is 19.1. The molecule has 0 aliphatic carbocycles. The zero-order valence-corrected chi connectivity index (χ0v) is 24.2. The number of carbonyl (C=O) groups excluding carboxylic acids is 1. The Kier molecular flexibility index (Phi) is 10.4. The maximum atomic E-state index is 13.6. The minimum absolute atomic E-state index is 0.0990. The maximum Gasteiger partial charge on any atom is 0.247 e. The molecule has 3 N–H and O–H groups in total. The first-order chi connectivity index (χ1) is 20.3. The van der Waals surface area contributed by atoms with Crippen LogP contribution in [0.15, 0.2) is 73.4 Å². The number of aromatic nitrogens is 4. The van der Waals surface area contributed by atoms with E-state index in [1.165, 1.54) is 18.2 Å². The van der Waals surface area contributed by atoms with Gasteiger partial charge in [-0.25, -0.2) is 9.37 Å². The van der Waals surface area contributed by atoms with Crippen molar-refractivity contribution < 1.29 is 14.3 Å². The molecule has 10 nitrogen and oxygen atoms in total. The van der Waals surface area contributed by atoms with E-state index < -0.39 is 0 Å². The molecular weight excluding hydrogens is 535 g/mol. The molecule has 0 bridgehead atoms. The molecule has 0 fully saturated rings. The van der Waals surface area contributed by atoms with Crippen molar-refractivity contribution >= 4 is 28.8 Å². The van der Waals surface area contributed by atoms with E-state index in [1.54, 1.807) is 18.3 Å². The average Bonchev–Trinajstić information content (AvgIpc) is 3.40. The van der Waals surface area contributed by atoms with Gasteiger partial charge in [-0.3, -0.25) is 9.36 Å². The number of hydrogen-bond acceptors (Lipinski definition) is 8. The Balaban J connectivity index is 1.66. The lowest BCUT2D eigenvalue weighted by Crippen LogP contribution is -2.29. The molecule has 2 aromatic heterocycles. The summed E-state index contributed by atoms with van der Waals surface area (Å²) in [6.07, 6.45) is 4.92. The predicted octanol–water partition coefficient (Wildman–Crippen LogP) is 4.65. The van der Waals surface area contributed by atoms with Crippen molar-refractivity contribution in [2.45, 2.75) is 19.3 Å². The molecule has 0 spiro atoms.